The van der Waals surface area contributed by atoms with Crippen LogP contribution in [0.3, 0.4) is 0 Å². The van der Waals surface area contributed by atoms with Crippen molar-refractivity contribution in [1.29, 1.82) is 0 Å². The van der Waals surface area contributed by atoms with Crippen LogP contribution < -0.4 is 15.4 Å². The average Bonchev–Trinajstić information content (AvgIpc) is 2.74. The summed E-state index contributed by atoms with van der Waals surface area (Å²) in [6.07, 6.45) is 5.64. The van der Waals surface area contributed by atoms with Crippen LogP contribution in [0.15, 0.2) is 53.8 Å². The zero-order valence-corrected chi connectivity index (χ0v) is 19.8. The van der Waals surface area contributed by atoms with E-state index in [1.807, 2.05) is 24.3 Å². The molecular weight excluding hydrogens is 501 g/mol. The molecule has 1 aliphatic rings. The van der Waals surface area contributed by atoms with E-state index in [2.05, 4.69) is 37.6 Å². The van der Waals surface area contributed by atoms with Gasteiger partial charge in [-0.1, -0.05) is 23.7 Å². The van der Waals surface area contributed by atoms with Crippen molar-refractivity contribution in [3.8, 4) is 5.75 Å². The van der Waals surface area contributed by atoms with Crippen LogP contribution in [0.5, 0.6) is 5.75 Å². The van der Waals surface area contributed by atoms with Crippen LogP contribution >= 0.6 is 35.6 Å². The lowest BCUT2D eigenvalue weighted by atomic mass is 10.0. The minimum Gasteiger partial charge on any atom is -0.490 e. The molecule has 1 aromatic carbocycles. The van der Waals surface area contributed by atoms with E-state index in [-0.39, 0.29) is 24.0 Å². The molecule has 0 atom stereocenters. The van der Waals surface area contributed by atoms with Crippen LogP contribution in [0.25, 0.3) is 0 Å². The lowest BCUT2D eigenvalue weighted by Crippen LogP contribution is -2.49. The maximum Gasteiger partial charge on any atom is 0.191 e. The Morgan fingerprint density at radius 3 is 2.66 bits per heavy atom. The summed E-state index contributed by atoms with van der Waals surface area (Å²) in [5.41, 5.74) is 1.31. The molecule has 0 aliphatic carbocycles. The second kappa shape index (κ2) is 12.9. The molecule has 0 amide bonds. The molecule has 2 heterocycles. The smallest absolute Gasteiger partial charge is 0.191 e. The van der Waals surface area contributed by atoms with Gasteiger partial charge in [-0.3, -0.25) is 14.9 Å². The second-order valence-electron chi connectivity index (χ2n) is 6.86. The van der Waals surface area contributed by atoms with E-state index >= 15 is 0 Å². The van der Waals surface area contributed by atoms with E-state index in [0.29, 0.717) is 19.2 Å². The largest absolute Gasteiger partial charge is 0.490 e. The molecule has 1 aliphatic heterocycles. The number of halogens is 2. The molecular formula is C21H29ClIN5O. The van der Waals surface area contributed by atoms with Gasteiger partial charge in [-0.05, 0) is 42.7 Å². The zero-order chi connectivity index (χ0) is 19.6. The molecule has 158 valence electrons. The molecule has 3 rings (SSSR count). The molecule has 29 heavy (non-hydrogen) atoms. The molecule has 2 aromatic rings. The van der Waals surface area contributed by atoms with Crippen molar-refractivity contribution in [1.82, 2.24) is 20.5 Å². The standard InChI is InChI=1S/C21H28ClN5O.HI/c1-23-21(25-11-14-28-20-3-2-10-24-15-20)26-19-8-12-27(13-9-19)16-17-4-6-18(22)7-5-17;/h2-7,10,15,19H,8-9,11-14,16H2,1H3,(H2,23,25,26);1H. The number of guanidine groups is 1. The number of nitrogens with zero attached hydrogens (tertiary/aromatic N) is 3. The van der Waals surface area contributed by atoms with E-state index in [1.54, 1.807) is 19.4 Å². The predicted octanol–water partition coefficient (Wildman–Crippen LogP) is 3.56. The van der Waals surface area contributed by atoms with Gasteiger partial charge in [0.2, 0.25) is 0 Å². The van der Waals surface area contributed by atoms with Crippen molar-refractivity contribution in [2.24, 2.45) is 4.99 Å². The number of piperidine rings is 1. The van der Waals surface area contributed by atoms with Crippen LogP contribution in [0, 0.1) is 0 Å². The zero-order valence-electron chi connectivity index (χ0n) is 16.7. The fourth-order valence-electron chi connectivity index (χ4n) is 3.24. The summed E-state index contributed by atoms with van der Waals surface area (Å²) in [6.45, 7) is 4.36. The molecule has 0 unspecified atom stereocenters. The van der Waals surface area contributed by atoms with Gasteiger partial charge >= 0.3 is 0 Å². The number of ether oxygens (including phenoxy) is 1. The quantitative estimate of drug-likeness (QED) is 0.249. The molecule has 1 aromatic heterocycles. The number of pyridine rings is 1. The molecule has 2 N–H and O–H groups in total. The number of hydrogen-bond acceptors (Lipinski definition) is 4. The number of aromatic nitrogens is 1. The Hall–Kier alpha value is -1.58. The maximum absolute atomic E-state index is 5.96. The summed E-state index contributed by atoms with van der Waals surface area (Å²) < 4.78 is 5.65. The number of nitrogens with one attached hydrogen (secondary N) is 2. The van der Waals surface area contributed by atoms with E-state index in [0.717, 1.165) is 49.2 Å². The number of likely N-dealkylation sites (tertiary alicyclic amines) is 1. The fourth-order valence-corrected chi connectivity index (χ4v) is 3.37. The van der Waals surface area contributed by atoms with E-state index in [4.69, 9.17) is 16.3 Å². The van der Waals surface area contributed by atoms with E-state index in [9.17, 15) is 0 Å². The lowest BCUT2D eigenvalue weighted by molar-refractivity contribution is 0.198. The van der Waals surface area contributed by atoms with Crippen LogP contribution in [0.2, 0.25) is 5.02 Å². The van der Waals surface area contributed by atoms with Gasteiger partial charge in [0.15, 0.2) is 5.96 Å². The third-order valence-corrected chi connectivity index (χ3v) is 5.02. The van der Waals surface area contributed by atoms with Crippen LogP contribution in [0.1, 0.15) is 18.4 Å². The van der Waals surface area contributed by atoms with Crippen molar-refractivity contribution in [3.05, 3.63) is 59.4 Å². The Bertz CT molecular complexity index is 736. The van der Waals surface area contributed by atoms with Crippen LogP contribution in [-0.2, 0) is 6.54 Å². The summed E-state index contributed by atoms with van der Waals surface area (Å²) in [4.78, 5) is 10.8. The van der Waals surface area contributed by atoms with Gasteiger partial charge in [0.05, 0.1) is 12.7 Å². The topological polar surface area (TPSA) is 61.8 Å². The Morgan fingerprint density at radius 2 is 2.00 bits per heavy atom. The molecule has 1 fully saturated rings. The van der Waals surface area contributed by atoms with Crippen molar-refractivity contribution < 1.29 is 4.74 Å². The van der Waals surface area contributed by atoms with Crippen molar-refractivity contribution >= 4 is 41.5 Å². The first kappa shape index (κ1) is 23.7. The summed E-state index contributed by atoms with van der Waals surface area (Å²) in [7, 11) is 1.80. The Labute approximate surface area is 195 Å². The molecule has 0 bridgehead atoms. The third kappa shape index (κ3) is 8.36. The lowest BCUT2D eigenvalue weighted by Gasteiger charge is -2.33. The number of aliphatic imine (C=N–C) groups is 1. The van der Waals surface area contributed by atoms with Gasteiger partial charge in [-0.15, -0.1) is 24.0 Å². The molecule has 0 saturated carbocycles. The Balaban J connectivity index is 0.00000300. The Kier molecular flexibility index (Phi) is 10.5. The van der Waals surface area contributed by atoms with E-state index in [1.165, 1.54) is 5.56 Å². The number of rotatable bonds is 7. The van der Waals surface area contributed by atoms with Gasteiger partial charge in [0.1, 0.15) is 12.4 Å². The monoisotopic (exact) mass is 529 g/mol. The van der Waals surface area contributed by atoms with Gasteiger partial charge in [-0.25, -0.2) is 0 Å². The predicted molar refractivity (Wildman–Crippen MR) is 129 cm³/mol. The molecule has 0 spiro atoms. The van der Waals surface area contributed by atoms with Gasteiger partial charge in [-0.2, -0.15) is 0 Å². The normalized spacial score (nSPS) is 15.4. The molecule has 0 radical (unpaired) electrons. The Morgan fingerprint density at radius 1 is 1.24 bits per heavy atom. The highest BCUT2D eigenvalue weighted by molar-refractivity contribution is 14.0. The van der Waals surface area contributed by atoms with Crippen molar-refractivity contribution in [2.45, 2.75) is 25.4 Å². The second-order valence-corrected chi connectivity index (χ2v) is 7.29. The highest BCUT2D eigenvalue weighted by atomic mass is 127. The summed E-state index contributed by atoms with van der Waals surface area (Å²) >= 11 is 5.96. The molecule has 6 nitrogen and oxygen atoms in total. The summed E-state index contributed by atoms with van der Waals surface area (Å²) in [5.74, 6) is 1.60. The molecule has 8 heteroatoms. The summed E-state index contributed by atoms with van der Waals surface area (Å²) in [5, 5.41) is 7.62. The van der Waals surface area contributed by atoms with E-state index < -0.39 is 0 Å². The minimum absolute atomic E-state index is 0. The average molecular weight is 530 g/mol. The SMILES string of the molecule is CN=C(NCCOc1cccnc1)NC1CCN(Cc2ccc(Cl)cc2)CC1.I. The number of hydrogen-bond donors (Lipinski definition) is 2. The molecule has 1 saturated heterocycles. The van der Waals surface area contributed by atoms with Crippen LogP contribution in [0.4, 0.5) is 0 Å². The van der Waals surface area contributed by atoms with Gasteiger partial charge in [0.25, 0.3) is 0 Å². The first-order chi connectivity index (χ1) is 13.7. The first-order valence-electron chi connectivity index (χ1n) is 9.70. The maximum atomic E-state index is 5.96. The first-order valence-corrected chi connectivity index (χ1v) is 10.1. The van der Waals surface area contributed by atoms with Gasteiger partial charge in [0, 0.05) is 43.9 Å². The highest BCUT2D eigenvalue weighted by Gasteiger charge is 2.20. The fraction of sp³-hybridized carbons (Fsp3) is 0.429. The third-order valence-electron chi connectivity index (χ3n) is 4.77. The number of benzene rings is 1. The van der Waals surface area contributed by atoms with Crippen LogP contribution in [-0.4, -0.2) is 55.2 Å². The summed E-state index contributed by atoms with van der Waals surface area (Å²) in [6, 6.07) is 12.3. The highest BCUT2D eigenvalue weighted by Crippen LogP contribution is 2.16. The minimum atomic E-state index is 0. The van der Waals surface area contributed by atoms with Crippen molar-refractivity contribution in [3.63, 3.8) is 0 Å². The van der Waals surface area contributed by atoms with Gasteiger partial charge < -0.3 is 15.4 Å². The van der Waals surface area contributed by atoms with Crippen molar-refractivity contribution in [2.75, 3.05) is 33.3 Å².